The van der Waals surface area contributed by atoms with Gasteiger partial charge in [0.1, 0.15) is 4.88 Å². The van der Waals surface area contributed by atoms with Gasteiger partial charge in [0.25, 0.3) is 5.91 Å². The highest BCUT2D eigenvalue weighted by atomic mass is 32.1. The predicted octanol–water partition coefficient (Wildman–Crippen LogP) is 2.88. The molecule has 0 bridgehead atoms. The first-order valence-corrected chi connectivity index (χ1v) is 9.08. The molecular weight excluding hydrogens is 334 g/mol. The van der Waals surface area contributed by atoms with Gasteiger partial charge in [-0.3, -0.25) is 4.79 Å². The van der Waals surface area contributed by atoms with Crippen LogP contribution in [0.25, 0.3) is 5.69 Å². The van der Waals surface area contributed by atoms with Gasteiger partial charge >= 0.3 is 0 Å². The maximum absolute atomic E-state index is 12.2. The molecule has 0 aliphatic carbocycles. The Hall–Kier alpha value is -2.54. The van der Waals surface area contributed by atoms with E-state index in [-0.39, 0.29) is 5.91 Å². The fourth-order valence-corrected chi connectivity index (χ4v) is 3.37. The second kappa shape index (κ2) is 7.57. The molecular formula is C18H21N5OS. The van der Waals surface area contributed by atoms with E-state index in [1.165, 1.54) is 5.56 Å². The molecule has 7 heteroatoms. The summed E-state index contributed by atoms with van der Waals surface area (Å²) in [6, 6.07) is 10.3. The summed E-state index contributed by atoms with van der Waals surface area (Å²) in [7, 11) is 0. The Morgan fingerprint density at radius 3 is 2.64 bits per heavy atom. The van der Waals surface area contributed by atoms with Crippen LogP contribution in [0.1, 0.15) is 39.2 Å². The number of rotatable bonds is 6. The summed E-state index contributed by atoms with van der Waals surface area (Å²) in [5, 5.41) is 11.4. The Morgan fingerprint density at radius 2 is 2.00 bits per heavy atom. The van der Waals surface area contributed by atoms with Gasteiger partial charge < -0.3 is 5.32 Å². The van der Waals surface area contributed by atoms with Crippen LogP contribution in [-0.2, 0) is 12.8 Å². The number of nitrogens with zero attached hydrogens (tertiary/aromatic N) is 4. The quantitative estimate of drug-likeness (QED) is 0.738. The molecule has 3 rings (SSSR count). The molecule has 1 aromatic carbocycles. The van der Waals surface area contributed by atoms with Crippen molar-refractivity contribution in [2.45, 2.75) is 33.6 Å². The van der Waals surface area contributed by atoms with Crippen LogP contribution in [0.3, 0.4) is 0 Å². The molecule has 1 N–H and O–H groups in total. The maximum Gasteiger partial charge on any atom is 0.264 e. The van der Waals surface area contributed by atoms with E-state index < -0.39 is 0 Å². The van der Waals surface area contributed by atoms with Crippen molar-refractivity contribution in [1.82, 2.24) is 24.7 Å². The first-order valence-electron chi connectivity index (χ1n) is 8.30. The molecule has 130 valence electrons. The first kappa shape index (κ1) is 17.3. The van der Waals surface area contributed by atoms with Crippen LogP contribution >= 0.6 is 11.5 Å². The minimum atomic E-state index is -0.0916. The topological polar surface area (TPSA) is 72.7 Å². The van der Waals surface area contributed by atoms with Gasteiger partial charge in [0.05, 0.1) is 17.1 Å². The monoisotopic (exact) mass is 355 g/mol. The van der Waals surface area contributed by atoms with Crippen molar-refractivity contribution in [3.8, 4) is 5.69 Å². The van der Waals surface area contributed by atoms with E-state index in [0.717, 1.165) is 40.7 Å². The van der Waals surface area contributed by atoms with Crippen molar-refractivity contribution < 1.29 is 4.79 Å². The normalized spacial score (nSPS) is 10.8. The number of carbonyl (C=O) groups is 1. The number of nitrogens with one attached hydrogen (secondary N) is 1. The lowest BCUT2D eigenvalue weighted by molar-refractivity contribution is 0.0957. The third-order valence-corrected chi connectivity index (χ3v) is 4.75. The second-order valence-corrected chi connectivity index (χ2v) is 6.67. The van der Waals surface area contributed by atoms with Gasteiger partial charge in [-0.15, -0.1) is 5.10 Å². The van der Waals surface area contributed by atoms with E-state index in [9.17, 15) is 4.79 Å². The Balaban J connectivity index is 1.57. The summed E-state index contributed by atoms with van der Waals surface area (Å²) in [4.78, 5) is 12.8. The molecule has 3 aromatic rings. The summed E-state index contributed by atoms with van der Waals surface area (Å²) in [6.45, 7) is 6.59. The van der Waals surface area contributed by atoms with Gasteiger partial charge in [-0.2, -0.15) is 5.10 Å². The van der Waals surface area contributed by atoms with Gasteiger partial charge in [-0.05, 0) is 62.0 Å². The van der Waals surface area contributed by atoms with E-state index in [4.69, 9.17) is 0 Å². The zero-order valence-electron chi connectivity index (χ0n) is 14.6. The molecule has 0 saturated heterocycles. The molecule has 0 aliphatic rings. The Bertz CT molecular complexity index is 866. The minimum Gasteiger partial charge on any atom is -0.351 e. The van der Waals surface area contributed by atoms with Crippen LogP contribution in [0, 0.1) is 13.8 Å². The summed E-state index contributed by atoms with van der Waals surface area (Å²) in [5.41, 5.74) is 5.10. The number of hydrogen-bond acceptors (Lipinski definition) is 5. The van der Waals surface area contributed by atoms with Crippen LogP contribution in [0.5, 0.6) is 0 Å². The predicted molar refractivity (Wildman–Crippen MR) is 98.4 cm³/mol. The number of hydrogen-bond donors (Lipinski definition) is 1. The molecule has 0 spiro atoms. The smallest absolute Gasteiger partial charge is 0.264 e. The Labute approximate surface area is 151 Å². The summed E-state index contributed by atoms with van der Waals surface area (Å²) in [5.74, 6) is -0.0916. The van der Waals surface area contributed by atoms with Crippen LogP contribution in [0.2, 0.25) is 0 Å². The highest BCUT2D eigenvalue weighted by Gasteiger charge is 2.14. The molecule has 25 heavy (non-hydrogen) atoms. The molecule has 0 atom stereocenters. The highest BCUT2D eigenvalue weighted by Crippen LogP contribution is 2.14. The van der Waals surface area contributed by atoms with Crippen LogP contribution < -0.4 is 5.32 Å². The van der Waals surface area contributed by atoms with E-state index in [0.29, 0.717) is 17.8 Å². The van der Waals surface area contributed by atoms with Gasteiger partial charge in [0.2, 0.25) is 0 Å². The molecule has 2 heterocycles. The molecule has 2 aromatic heterocycles. The largest absolute Gasteiger partial charge is 0.351 e. The van der Waals surface area contributed by atoms with Gasteiger partial charge in [0, 0.05) is 12.2 Å². The minimum absolute atomic E-state index is 0.0916. The average molecular weight is 355 g/mol. The fourth-order valence-electron chi connectivity index (χ4n) is 2.71. The number of benzene rings is 1. The number of aryl methyl sites for hydroxylation is 3. The van der Waals surface area contributed by atoms with Crippen molar-refractivity contribution in [2.75, 3.05) is 6.54 Å². The molecule has 6 nitrogen and oxygen atoms in total. The van der Waals surface area contributed by atoms with Crippen LogP contribution in [-0.4, -0.2) is 31.8 Å². The lowest BCUT2D eigenvalue weighted by Crippen LogP contribution is -2.25. The summed E-state index contributed by atoms with van der Waals surface area (Å²) in [6.07, 6.45) is 1.49. The molecule has 0 radical (unpaired) electrons. The molecule has 1 amide bonds. The fraction of sp³-hybridized carbons (Fsp3) is 0.333. The van der Waals surface area contributed by atoms with Crippen molar-refractivity contribution in [1.29, 1.82) is 0 Å². The lowest BCUT2D eigenvalue weighted by atomic mass is 10.1. The van der Waals surface area contributed by atoms with Crippen molar-refractivity contribution in [2.24, 2.45) is 0 Å². The van der Waals surface area contributed by atoms with Gasteiger partial charge in [0.15, 0.2) is 0 Å². The van der Waals surface area contributed by atoms with Crippen molar-refractivity contribution in [3.05, 3.63) is 57.9 Å². The van der Waals surface area contributed by atoms with E-state index in [1.54, 1.807) is 0 Å². The van der Waals surface area contributed by atoms with Crippen molar-refractivity contribution in [3.63, 3.8) is 0 Å². The molecule has 0 aliphatic heterocycles. The zero-order valence-corrected chi connectivity index (χ0v) is 15.4. The Morgan fingerprint density at radius 1 is 1.24 bits per heavy atom. The number of aromatic nitrogens is 4. The van der Waals surface area contributed by atoms with E-state index >= 15 is 0 Å². The second-order valence-electron chi connectivity index (χ2n) is 5.91. The molecule has 0 fully saturated rings. The van der Waals surface area contributed by atoms with E-state index in [2.05, 4.69) is 50.3 Å². The highest BCUT2D eigenvalue weighted by molar-refractivity contribution is 7.08. The standard InChI is InChI=1S/C18H21N5OS/c1-4-16-17(25-22-20-16)18(24)19-10-9-14-5-7-15(8-6-14)23-13(3)11-12(2)21-23/h5-8,11H,4,9-10H2,1-3H3,(H,19,24). The Kier molecular flexibility index (Phi) is 5.23. The summed E-state index contributed by atoms with van der Waals surface area (Å²) >= 11 is 1.15. The van der Waals surface area contributed by atoms with Crippen molar-refractivity contribution >= 4 is 17.4 Å². The SMILES string of the molecule is CCc1nnsc1C(=O)NCCc1ccc(-n2nc(C)cc2C)cc1. The van der Waals surface area contributed by atoms with E-state index in [1.807, 2.05) is 25.5 Å². The third kappa shape index (κ3) is 3.93. The lowest BCUT2D eigenvalue weighted by Gasteiger charge is -2.07. The van der Waals surface area contributed by atoms with Crippen LogP contribution in [0.4, 0.5) is 0 Å². The van der Waals surface area contributed by atoms with Crippen LogP contribution in [0.15, 0.2) is 30.3 Å². The first-order chi connectivity index (χ1) is 12.1. The molecule has 0 unspecified atom stereocenters. The maximum atomic E-state index is 12.2. The number of carbonyl (C=O) groups excluding carboxylic acids is 1. The zero-order chi connectivity index (χ0) is 17.8. The average Bonchev–Trinajstić information content (AvgIpc) is 3.21. The molecule has 0 saturated carbocycles. The number of amides is 1. The van der Waals surface area contributed by atoms with Gasteiger partial charge in [-0.25, -0.2) is 4.68 Å². The van der Waals surface area contributed by atoms with Gasteiger partial charge in [-0.1, -0.05) is 23.5 Å². The summed E-state index contributed by atoms with van der Waals surface area (Å²) < 4.78 is 5.78. The third-order valence-electron chi connectivity index (χ3n) is 3.99.